The SMILES string of the molecule is COc1cnccc1-c1nnc(CC(C)CC(=O)O)o1. The van der Waals surface area contributed by atoms with Crippen LogP contribution in [-0.4, -0.2) is 33.4 Å². The van der Waals surface area contributed by atoms with Crippen LogP contribution in [0.4, 0.5) is 0 Å². The van der Waals surface area contributed by atoms with Gasteiger partial charge in [-0.1, -0.05) is 6.92 Å². The number of methoxy groups -OCH3 is 1. The molecule has 106 valence electrons. The van der Waals surface area contributed by atoms with E-state index in [0.29, 0.717) is 29.5 Å². The zero-order chi connectivity index (χ0) is 14.5. The molecule has 1 N–H and O–H groups in total. The third-order valence-corrected chi connectivity index (χ3v) is 2.75. The smallest absolute Gasteiger partial charge is 0.303 e. The van der Waals surface area contributed by atoms with Crippen LogP contribution in [-0.2, 0) is 11.2 Å². The molecule has 2 rings (SSSR count). The first kappa shape index (κ1) is 14.0. The van der Waals surface area contributed by atoms with Gasteiger partial charge in [-0.3, -0.25) is 9.78 Å². The number of aromatic nitrogens is 3. The second-order valence-corrected chi connectivity index (χ2v) is 4.48. The number of ether oxygens (including phenoxy) is 1. The Bertz CT molecular complexity index is 597. The summed E-state index contributed by atoms with van der Waals surface area (Å²) in [6, 6.07) is 1.72. The van der Waals surface area contributed by atoms with Crippen LogP contribution in [0.1, 0.15) is 19.2 Å². The zero-order valence-corrected chi connectivity index (χ0v) is 11.2. The molecule has 0 amide bonds. The van der Waals surface area contributed by atoms with Gasteiger partial charge >= 0.3 is 5.97 Å². The highest BCUT2D eigenvalue weighted by Gasteiger charge is 2.16. The molecule has 7 nitrogen and oxygen atoms in total. The Morgan fingerprint density at radius 1 is 1.50 bits per heavy atom. The van der Waals surface area contributed by atoms with Gasteiger partial charge in [0.2, 0.25) is 5.89 Å². The molecule has 20 heavy (non-hydrogen) atoms. The lowest BCUT2D eigenvalue weighted by molar-refractivity contribution is -0.137. The fourth-order valence-corrected chi connectivity index (χ4v) is 1.83. The molecule has 1 atom stereocenters. The Labute approximate surface area is 115 Å². The normalized spacial score (nSPS) is 12.1. The standard InChI is InChI=1S/C13H15N3O4/c1-8(6-12(17)18)5-11-15-16-13(20-11)9-3-4-14-7-10(9)19-2/h3-4,7-8H,5-6H2,1-2H3,(H,17,18). The quantitative estimate of drug-likeness (QED) is 0.859. The monoisotopic (exact) mass is 277 g/mol. The van der Waals surface area contributed by atoms with Crippen LogP contribution >= 0.6 is 0 Å². The molecule has 2 aromatic heterocycles. The van der Waals surface area contributed by atoms with Gasteiger partial charge < -0.3 is 14.3 Å². The van der Waals surface area contributed by atoms with Crippen LogP contribution < -0.4 is 4.74 Å². The van der Waals surface area contributed by atoms with Crippen molar-refractivity contribution in [1.82, 2.24) is 15.2 Å². The number of carboxylic acids is 1. The molecule has 0 aliphatic heterocycles. The van der Waals surface area contributed by atoms with Crippen LogP contribution in [0.25, 0.3) is 11.5 Å². The fraction of sp³-hybridized carbons (Fsp3) is 0.385. The maximum Gasteiger partial charge on any atom is 0.303 e. The maximum absolute atomic E-state index is 10.6. The van der Waals surface area contributed by atoms with Gasteiger partial charge in [-0.05, 0) is 12.0 Å². The van der Waals surface area contributed by atoms with Crippen molar-refractivity contribution in [2.75, 3.05) is 7.11 Å². The lowest BCUT2D eigenvalue weighted by Crippen LogP contribution is -2.07. The molecule has 0 aliphatic carbocycles. The summed E-state index contributed by atoms with van der Waals surface area (Å²) in [4.78, 5) is 14.6. The van der Waals surface area contributed by atoms with E-state index in [1.54, 1.807) is 18.5 Å². The average Bonchev–Trinajstić information content (AvgIpc) is 2.85. The number of aliphatic carboxylic acids is 1. The first-order chi connectivity index (χ1) is 9.60. The van der Waals surface area contributed by atoms with Gasteiger partial charge in [-0.2, -0.15) is 0 Å². The number of pyridine rings is 1. The van der Waals surface area contributed by atoms with E-state index >= 15 is 0 Å². The van der Waals surface area contributed by atoms with Crippen LogP contribution in [0.2, 0.25) is 0 Å². The molecule has 0 saturated heterocycles. The molecule has 7 heteroatoms. The van der Waals surface area contributed by atoms with Crippen LogP contribution in [0.3, 0.4) is 0 Å². The van der Waals surface area contributed by atoms with Gasteiger partial charge in [0.25, 0.3) is 5.89 Å². The van der Waals surface area contributed by atoms with Crippen LogP contribution in [0.5, 0.6) is 5.75 Å². The van der Waals surface area contributed by atoms with Crippen LogP contribution in [0.15, 0.2) is 22.9 Å². The Hall–Kier alpha value is -2.44. The molecule has 1 unspecified atom stereocenters. The summed E-state index contributed by atoms with van der Waals surface area (Å²) in [6.07, 6.45) is 3.66. The summed E-state index contributed by atoms with van der Waals surface area (Å²) in [5.74, 6) is 0.379. The Balaban J connectivity index is 2.14. The minimum Gasteiger partial charge on any atom is -0.494 e. The van der Waals surface area contributed by atoms with Crippen molar-refractivity contribution in [3.05, 3.63) is 24.4 Å². The van der Waals surface area contributed by atoms with E-state index in [1.807, 2.05) is 6.92 Å². The lowest BCUT2D eigenvalue weighted by Gasteiger charge is -2.04. The number of carbonyl (C=O) groups is 1. The van der Waals surface area contributed by atoms with E-state index in [-0.39, 0.29) is 12.3 Å². The minimum absolute atomic E-state index is 0.0658. The van der Waals surface area contributed by atoms with Gasteiger partial charge in [-0.15, -0.1) is 10.2 Å². The summed E-state index contributed by atoms with van der Waals surface area (Å²) in [7, 11) is 1.53. The Morgan fingerprint density at radius 2 is 2.30 bits per heavy atom. The highest BCUT2D eigenvalue weighted by atomic mass is 16.5. The first-order valence-electron chi connectivity index (χ1n) is 6.12. The number of hydrogen-bond donors (Lipinski definition) is 1. The number of hydrogen-bond acceptors (Lipinski definition) is 6. The third kappa shape index (κ3) is 3.31. The molecule has 2 aromatic rings. The average molecular weight is 277 g/mol. The first-order valence-corrected chi connectivity index (χ1v) is 6.12. The largest absolute Gasteiger partial charge is 0.494 e. The summed E-state index contributed by atoms with van der Waals surface area (Å²) >= 11 is 0. The van der Waals surface area contributed by atoms with Crippen molar-refractivity contribution >= 4 is 5.97 Å². The van der Waals surface area contributed by atoms with Crippen molar-refractivity contribution in [2.45, 2.75) is 19.8 Å². The predicted molar refractivity (Wildman–Crippen MR) is 69.2 cm³/mol. The highest BCUT2D eigenvalue weighted by molar-refractivity contribution is 5.67. The van der Waals surface area contributed by atoms with E-state index in [9.17, 15) is 4.79 Å². The fourth-order valence-electron chi connectivity index (χ4n) is 1.83. The third-order valence-electron chi connectivity index (χ3n) is 2.75. The van der Waals surface area contributed by atoms with Gasteiger partial charge in [0, 0.05) is 19.0 Å². The second-order valence-electron chi connectivity index (χ2n) is 4.48. The number of carboxylic acid groups (broad SMARTS) is 1. The van der Waals surface area contributed by atoms with Gasteiger partial charge in [-0.25, -0.2) is 0 Å². The summed E-state index contributed by atoms with van der Waals surface area (Å²) in [5.41, 5.74) is 0.659. The summed E-state index contributed by atoms with van der Waals surface area (Å²) in [5, 5.41) is 16.6. The maximum atomic E-state index is 10.6. The minimum atomic E-state index is -0.840. The van der Waals surface area contributed by atoms with E-state index in [4.69, 9.17) is 14.3 Å². The molecule has 2 heterocycles. The van der Waals surface area contributed by atoms with Gasteiger partial charge in [0.15, 0.2) is 0 Å². The van der Waals surface area contributed by atoms with Gasteiger partial charge in [0.1, 0.15) is 5.75 Å². The molecule has 0 spiro atoms. The second kappa shape index (κ2) is 6.14. The zero-order valence-electron chi connectivity index (χ0n) is 11.2. The molecule has 0 aliphatic rings. The molecule has 0 fully saturated rings. The molecular formula is C13H15N3O4. The van der Waals surface area contributed by atoms with Crippen molar-refractivity contribution in [2.24, 2.45) is 5.92 Å². The van der Waals surface area contributed by atoms with Crippen molar-refractivity contribution in [1.29, 1.82) is 0 Å². The predicted octanol–water partition coefficient (Wildman–Crippen LogP) is 1.79. The summed E-state index contributed by atoms with van der Waals surface area (Å²) in [6.45, 7) is 1.82. The topological polar surface area (TPSA) is 98.3 Å². The number of rotatable bonds is 6. The lowest BCUT2D eigenvalue weighted by atomic mass is 10.0. The van der Waals surface area contributed by atoms with E-state index < -0.39 is 5.97 Å². The van der Waals surface area contributed by atoms with E-state index in [2.05, 4.69) is 15.2 Å². The molecular weight excluding hydrogens is 262 g/mol. The highest BCUT2D eigenvalue weighted by Crippen LogP contribution is 2.27. The van der Waals surface area contributed by atoms with Crippen molar-refractivity contribution < 1.29 is 19.1 Å². The van der Waals surface area contributed by atoms with Crippen LogP contribution in [0, 0.1) is 5.92 Å². The van der Waals surface area contributed by atoms with Crippen molar-refractivity contribution in [3.63, 3.8) is 0 Å². The Kier molecular flexibility index (Phi) is 4.29. The Morgan fingerprint density at radius 3 is 3.00 bits per heavy atom. The van der Waals surface area contributed by atoms with Gasteiger partial charge in [0.05, 0.1) is 18.9 Å². The molecule has 0 aromatic carbocycles. The van der Waals surface area contributed by atoms with Crippen molar-refractivity contribution in [3.8, 4) is 17.2 Å². The van der Waals surface area contributed by atoms with E-state index in [1.165, 1.54) is 7.11 Å². The van der Waals surface area contributed by atoms with E-state index in [0.717, 1.165) is 0 Å². The molecule has 0 bridgehead atoms. The molecule has 0 radical (unpaired) electrons. The number of nitrogens with zero attached hydrogens (tertiary/aromatic N) is 3. The summed E-state index contributed by atoms with van der Waals surface area (Å²) < 4.78 is 10.7. The molecule has 0 saturated carbocycles.